The number of benzene rings is 1. The molecule has 3 rings (SSSR count). The van der Waals surface area contributed by atoms with Gasteiger partial charge in [0, 0.05) is 39.3 Å². The molecule has 1 amide bonds. The number of nitrogens with zero attached hydrogens (tertiary/aromatic N) is 2. The van der Waals surface area contributed by atoms with Crippen molar-refractivity contribution in [2.45, 2.75) is 5.37 Å². The van der Waals surface area contributed by atoms with Gasteiger partial charge < -0.3 is 10.2 Å². The zero-order valence-corrected chi connectivity index (χ0v) is 14.6. The normalized spacial score (nSPS) is 23.3. The van der Waals surface area contributed by atoms with Crippen LogP contribution in [-0.2, 0) is 4.79 Å². The zero-order valence-electron chi connectivity index (χ0n) is 12.2. The molecule has 2 aliphatic heterocycles. The lowest BCUT2D eigenvalue weighted by Crippen LogP contribution is -2.46. The van der Waals surface area contributed by atoms with E-state index in [0.29, 0.717) is 15.8 Å². The summed E-state index contributed by atoms with van der Waals surface area (Å²) in [7, 11) is 0. The van der Waals surface area contributed by atoms with Crippen LogP contribution in [0.2, 0.25) is 10.0 Å². The SMILES string of the molecule is O=C1CS[C@@H](c2ccc(Cl)c(Cl)c2)N1CCN1CCNCC1. The number of halogens is 2. The van der Waals surface area contributed by atoms with Gasteiger partial charge in [0.05, 0.1) is 15.8 Å². The summed E-state index contributed by atoms with van der Waals surface area (Å²) in [6, 6.07) is 5.64. The number of carbonyl (C=O) groups excluding carboxylic acids is 1. The highest BCUT2D eigenvalue weighted by atomic mass is 35.5. The molecule has 0 aliphatic carbocycles. The first-order chi connectivity index (χ1) is 10.6. The van der Waals surface area contributed by atoms with E-state index in [1.54, 1.807) is 17.8 Å². The molecule has 120 valence electrons. The maximum atomic E-state index is 12.2. The summed E-state index contributed by atoms with van der Waals surface area (Å²) in [6.07, 6.45) is 0. The van der Waals surface area contributed by atoms with Crippen LogP contribution in [0.15, 0.2) is 18.2 Å². The van der Waals surface area contributed by atoms with Crippen molar-refractivity contribution >= 4 is 40.9 Å². The highest BCUT2D eigenvalue weighted by Gasteiger charge is 2.33. The van der Waals surface area contributed by atoms with Gasteiger partial charge in [0.25, 0.3) is 0 Å². The maximum absolute atomic E-state index is 12.2. The van der Waals surface area contributed by atoms with Crippen molar-refractivity contribution in [3.05, 3.63) is 33.8 Å². The molecule has 0 saturated carbocycles. The van der Waals surface area contributed by atoms with Gasteiger partial charge >= 0.3 is 0 Å². The quantitative estimate of drug-likeness (QED) is 0.895. The number of piperazine rings is 1. The number of nitrogens with one attached hydrogen (secondary N) is 1. The molecule has 1 atom stereocenters. The van der Waals surface area contributed by atoms with Crippen LogP contribution in [0.1, 0.15) is 10.9 Å². The van der Waals surface area contributed by atoms with Crippen molar-refractivity contribution in [3.8, 4) is 0 Å². The molecular formula is C15H19Cl2N3OS. The molecular weight excluding hydrogens is 341 g/mol. The Kier molecular flexibility index (Phi) is 5.52. The monoisotopic (exact) mass is 359 g/mol. The van der Waals surface area contributed by atoms with E-state index in [9.17, 15) is 4.79 Å². The molecule has 7 heteroatoms. The third-order valence-electron chi connectivity index (χ3n) is 4.06. The van der Waals surface area contributed by atoms with E-state index < -0.39 is 0 Å². The highest BCUT2D eigenvalue weighted by molar-refractivity contribution is 8.00. The van der Waals surface area contributed by atoms with Crippen LogP contribution in [0.4, 0.5) is 0 Å². The van der Waals surface area contributed by atoms with Crippen LogP contribution < -0.4 is 5.32 Å². The van der Waals surface area contributed by atoms with Crippen LogP contribution in [0.5, 0.6) is 0 Å². The fourth-order valence-corrected chi connectivity index (χ4v) is 4.34. The predicted octanol–water partition coefficient (Wildman–Crippen LogP) is 2.47. The summed E-state index contributed by atoms with van der Waals surface area (Å²) < 4.78 is 0. The van der Waals surface area contributed by atoms with Gasteiger partial charge in [-0.05, 0) is 17.7 Å². The summed E-state index contributed by atoms with van der Waals surface area (Å²) >= 11 is 13.8. The molecule has 0 radical (unpaired) electrons. The molecule has 2 aliphatic rings. The summed E-state index contributed by atoms with van der Waals surface area (Å²) in [5, 5.41) is 4.48. The van der Waals surface area contributed by atoms with Crippen molar-refractivity contribution in [2.24, 2.45) is 0 Å². The van der Waals surface area contributed by atoms with Crippen molar-refractivity contribution in [1.29, 1.82) is 0 Å². The van der Waals surface area contributed by atoms with Crippen molar-refractivity contribution in [3.63, 3.8) is 0 Å². The van der Waals surface area contributed by atoms with E-state index in [1.807, 2.05) is 17.0 Å². The number of amides is 1. The second-order valence-electron chi connectivity index (χ2n) is 5.52. The third-order valence-corrected chi connectivity index (χ3v) is 6.06. The first-order valence-electron chi connectivity index (χ1n) is 7.44. The summed E-state index contributed by atoms with van der Waals surface area (Å²) in [5.74, 6) is 0.739. The number of thioether (sulfide) groups is 1. The Labute approximate surface area is 145 Å². The standard InChI is InChI=1S/C15H19Cl2N3OS/c16-12-2-1-11(9-13(12)17)15-20(14(21)10-22-15)8-7-19-5-3-18-4-6-19/h1-2,9,15,18H,3-8,10H2/t15-/m0/s1. The molecule has 0 aromatic heterocycles. The molecule has 0 spiro atoms. The van der Waals surface area contributed by atoms with Crippen LogP contribution >= 0.6 is 35.0 Å². The Bertz CT molecular complexity index is 552. The minimum absolute atomic E-state index is 0.0465. The van der Waals surface area contributed by atoms with Gasteiger partial charge in [-0.2, -0.15) is 0 Å². The number of hydrogen-bond donors (Lipinski definition) is 1. The summed E-state index contributed by atoms with van der Waals surface area (Å²) in [4.78, 5) is 16.6. The minimum Gasteiger partial charge on any atom is -0.325 e. The fraction of sp³-hybridized carbons (Fsp3) is 0.533. The molecule has 2 saturated heterocycles. The lowest BCUT2D eigenvalue weighted by molar-refractivity contribution is -0.128. The second-order valence-corrected chi connectivity index (χ2v) is 7.40. The lowest BCUT2D eigenvalue weighted by Gasteiger charge is -2.31. The summed E-state index contributed by atoms with van der Waals surface area (Å²) in [6.45, 7) is 5.83. The van der Waals surface area contributed by atoms with Crippen LogP contribution in [0, 0.1) is 0 Å². The van der Waals surface area contributed by atoms with Crippen molar-refractivity contribution < 1.29 is 4.79 Å². The molecule has 1 N–H and O–H groups in total. The molecule has 2 fully saturated rings. The van der Waals surface area contributed by atoms with Gasteiger partial charge in [-0.25, -0.2) is 0 Å². The van der Waals surface area contributed by atoms with Gasteiger partial charge in [-0.1, -0.05) is 29.3 Å². The number of hydrogen-bond acceptors (Lipinski definition) is 4. The Morgan fingerprint density at radius 1 is 1.18 bits per heavy atom. The fourth-order valence-electron chi connectivity index (χ4n) is 2.82. The van der Waals surface area contributed by atoms with E-state index in [4.69, 9.17) is 23.2 Å². The van der Waals surface area contributed by atoms with Gasteiger partial charge in [0.1, 0.15) is 5.37 Å². The van der Waals surface area contributed by atoms with E-state index in [-0.39, 0.29) is 11.3 Å². The smallest absolute Gasteiger partial charge is 0.233 e. The number of rotatable bonds is 4. The van der Waals surface area contributed by atoms with E-state index in [0.717, 1.165) is 44.8 Å². The molecule has 2 heterocycles. The van der Waals surface area contributed by atoms with Gasteiger partial charge in [0.15, 0.2) is 0 Å². The molecule has 22 heavy (non-hydrogen) atoms. The first-order valence-corrected chi connectivity index (χ1v) is 9.25. The molecule has 4 nitrogen and oxygen atoms in total. The third kappa shape index (κ3) is 3.71. The topological polar surface area (TPSA) is 35.6 Å². The van der Waals surface area contributed by atoms with Crippen LogP contribution in [0.3, 0.4) is 0 Å². The Morgan fingerprint density at radius 2 is 1.95 bits per heavy atom. The highest BCUT2D eigenvalue weighted by Crippen LogP contribution is 2.40. The van der Waals surface area contributed by atoms with Gasteiger partial charge in [-0.15, -0.1) is 11.8 Å². The Morgan fingerprint density at radius 3 is 2.68 bits per heavy atom. The van der Waals surface area contributed by atoms with E-state index in [2.05, 4.69) is 10.2 Å². The average Bonchev–Trinajstić information content (AvgIpc) is 2.90. The molecule has 0 unspecified atom stereocenters. The maximum Gasteiger partial charge on any atom is 0.233 e. The Hall–Kier alpha value is -0.460. The average molecular weight is 360 g/mol. The van der Waals surface area contributed by atoms with Crippen molar-refractivity contribution in [2.75, 3.05) is 45.0 Å². The number of carbonyl (C=O) groups is 1. The first kappa shape index (κ1) is 16.4. The molecule has 1 aromatic carbocycles. The molecule has 1 aromatic rings. The minimum atomic E-state index is 0.0465. The van der Waals surface area contributed by atoms with Crippen LogP contribution in [-0.4, -0.2) is 60.7 Å². The van der Waals surface area contributed by atoms with Crippen molar-refractivity contribution in [1.82, 2.24) is 15.1 Å². The zero-order chi connectivity index (χ0) is 15.5. The second kappa shape index (κ2) is 7.41. The molecule has 0 bridgehead atoms. The lowest BCUT2D eigenvalue weighted by atomic mass is 10.2. The van der Waals surface area contributed by atoms with Gasteiger partial charge in [-0.3, -0.25) is 9.69 Å². The van der Waals surface area contributed by atoms with Crippen LogP contribution in [0.25, 0.3) is 0 Å². The van der Waals surface area contributed by atoms with Gasteiger partial charge in [0.2, 0.25) is 5.91 Å². The van der Waals surface area contributed by atoms with E-state index in [1.165, 1.54) is 0 Å². The van der Waals surface area contributed by atoms with E-state index >= 15 is 0 Å². The predicted molar refractivity (Wildman–Crippen MR) is 92.7 cm³/mol. The Balaban J connectivity index is 1.67. The largest absolute Gasteiger partial charge is 0.325 e. The summed E-state index contributed by atoms with van der Waals surface area (Å²) in [5.41, 5.74) is 1.05.